The minimum atomic E-state index is 0.235. The molecule has 1 nitrogen and oxygen atoms in total. The molecule has 0 saturated carbocycles. The van der Waals surface area contributed by atoms with E-state index in [9.17, 15) is 4.79 Å². The molecule has 0 aliphatic carbocycles. The van der Waals surface area contributed by atoms with E-state index in [0.29, 0.717) is 6.42 Å². The number of carbonyl (C=O) groups is 1. The number of rotatable bonds is 1. The molecule has 1 unspecified atom stereocenters. The van der Waals surface area contributed by atoms with Crippen molar-refractivity contribution in [2.24, 2.45) is 0 Å². The largest absolute Gasteiger partial charge is 0.287 e. The fourth-order valence-corrected chi connectivity index (χ4v) is 2.43. The molecule has 0 radical (unpaired) electrons. The summed E-state index contributed by atoms with van der Waals surface area (Å²) in [6, 6.07) is 10.1. The number of hydrogen-bond acceptors (Lipinski definition) is 2. The van der Waals surface area contributed by atoms with Gasteiger partial charge in [-0.2, -0.15) is 0 Å². The molecule has 1 aliphatic heterocycles. The smallest absolute Gasteiger partial charge is 0.194 e. The van der Waals surface area contributed by atoms with E-state index >= 15 is 0 Å². The van der Waals surface area contributed by atoms with E-state index in [0.717, 1.165) is 4.91 Å². The van der Waals surface area contributed by atoms with Crippen molar-refractivity contribution in [3.05, 3.63) is 47.4 Å². The van der Waals surface area contributed by atoms with Crippen molar-refractivity contribution in [3.63, 3.8) is 0 Å². The molecule has 66 valence electrons. The number of hydrogen-bond donors (Lipinski definition) is 0. The second-order valence-electron chi connectivity index (χ2n) is 3.11. The Kier molecular flexibility index (Phi) is 2.23. The Balaban J connectivity index is 2.28. The van der Waals surface area contributed by atoms with Gasteiger partial charge in [-0.25, -0.2) is 0 Å². The summed E-state index contributed by atoms with van der Waals surface area (Å²) >= 11 is 1.29. The topological polar surface area (TPSA) is 17.1 Å². The van der Waals surface area contributed by atoms with Gasteiger partial charge in [0, 0.05) is 12.3 Å². The Morgan fingerprint density at radius 1 is 1.31 bits per heavy atom. The normalized spacial score (nSPS) is 22.3. The Labute approximate surface area is 81.8 Å². The van der Waals surface area contributed by atoms with Crippen LogP contribution in [0.1, 0.15) is 17.9 Å². The molecule has 0 spiro atoms. The first-order valence-corrected chi connectivity index (χ1v) is 5.03. The molecular weight excluding hydrogens is 180 g/mol. The molecule has 0 aromatic heterocycles. The standard InChI is InChI=1S/C11H10OS/c1-8-10(7-11(12)13-8)9-5-3-2-4-6-9/h2-6,10H,1,7H2. The van der Waals surface area contributed by atoms with Crippen LogP contribution in [-0.2, 0) is 4.79 Å². The molecular formula is C11H10OS. The Bertz CT molecular complexity index is 342. The van der Waals surface area contributed by atoms with Crippen LogP contribution in [0.2, 0.25) is 0 Å². The van der Waals surface area contributed by atoms with E-state index in [1.54, 1.807) is 0 Å². The third kappa shape index (κ3) is 1.68. The SMILES string of the molecule is C=C1SC(=O)CC1c1ccccc1. The van der Waals surface area contributed by atoms with Gasteiger partial charge in [-0.3, -0.25) is 4.79 Å². The van der Waals surface area contributed by atoms with E-state index in [4.69, 9.17) is 0 Å². The molecule has 1 atom stereocenters. The van der Waals surface area contributed by atoms with Gasteiger partial charge in [-0.1, -0.05) is 48.7 Å². The van der Waals surface area contributed by atoms with Crippen molar-refractivity contribution < 1.29 is 4.79 Å². The van der Waals surface area contributed by atoms with Gasteiger partial charge in [0.25, 0.3) is 0 Å². The lowest BCUT2D eigenvalue weighted by Crippen LogP contribution is -1.94. The predicted molar refractivity (Wildman–Crippen MR) is 55.5 cm³/mol. The fourth-order valence-electron chi connectivity index (χ4n) is 1.53. The van der Waals surface area contributed by atoms with Crippen LogP contribution < -0.4 is 0 Å². The first kappa shape index (κ1) is 8.57. The van der Waals surface area contributed by atoms with Crippen LogP contribution in [0.25, 0.3) is 0 Å². The van der Waals surface area contributed by atoms with Crippen molar-refractivity contribution in [2.45, 2.75) is 12.3 Å². The van der Waals surface area contributed by atoms with E-state index in [-0.39, 0.29) is 11.0 Å². The highest BCUT2D eigenvalue weighted by Gasteiger charge is 2.27. The lowest BCUT2D eigenvalue weighted by atomic mass is 9.97. The van der Waals surface area contributed by atoms with Crippen molar-refractivity contribution >= 4 is 16.9 Å². The van der Waals surface area contributed by atoms with Crippen LogP contribution in [0.4, 0.5) is 0 Å². The molecule has 1 aromatic rings. The predicted octanol–water partition coefficient (Wildman–Crippen LogP) is 2.95. The second kappa shape index (κ2) is 3.38. The van der Waals surface area contributed by atoms with Crippen molar-refractivity contribution in [1.82, 2.24) is 0 Å². The molecule has 2 heteroatoms. The highest BCUT2D eigenvalue weighted by atomic mass is 32.2. The summed E-state index contributed by atoms with van der Waals surface area (Å²) in [6.07, 6.45) is 0.605. The summed E-state index contributed by atoms with van der Waals surface area (Å²) in [5.41, 5.74) is 1.20. The van der Waals surface area contributed by atoms with Crippen LogP contribution in [0.15, 0.2) is 41.8 Å². The number of allylic oxidation sites excluding steroid dienone is 1. The van der Waals surface area contributed by atoms with Crippen LogP contribution in [-0.4, -0.2) is 5.12 Å². The third-order valence-electron chi connectivity index (χ3n) is 2.21. The zero-order valence-corrected chi connectivity index (χ0v) is 8.01. The summed E-state index contributed by atoms with van der Waals surface area (Å²) in [7, 11) is 0. The van der Waals surface area contributed by atoms with Gasteiger partial charge in [0.05, 0.1) is 0 Å². The highest BCUT2D eigenvalue weighted by molar-refractivity contribution is 8.17. The minimum absolute atomic E-state index is 0.235. The average Bonchev–Trinajstić information content (AvgIpc) is 2.47. The summed E-state index contributed by atoms with van der Waals surface area (Å²) in [4.78, 5) is 12.1. The lowest BCUT2D eigenvalue weighted by molar-refractivity contribution is -0.110. The average molecular weight is 190 g/mol. The maximum Gasteiger partial charge on any atom is 0.194 e. The zero-order valence-electron chi connectivity index (χ0n) is 7.19. The zero-order chi connectivity index (χ0) is 9.26. The van der Waals surface area contributed by atoms with Gasteiger partial charge in [0.2, 0.25) is 0 Å². The van der Waals surface area contributed by atoms with Crippen molar-refractivity contribution in [3.8, 4) is 0 Å². The van der Waals surface area contributed by atoms with Crippen LogP contribution >= 0.6 is 11.8 Å². The van der Waals surface area contributed by atoms with E-state index in [1.165, 1.54) is 17.3 Å². The van der Waals surface area contributed by atoms with Gasteiger partial charge in [-0.05, 0) is 10.5 Å². The number of carbonyl (C=O) groups excluding carboxylic acids is 1. The lowest BCUT2D eigenvalue weighted by Gasteiger charge is -2.08. The Morgan fingerprint density at radius 2 is 2.00 bits per heavy atom. The van der Waals surface area contributed by atoms with Gasteiger partial charge in [0.15, 0.2) is 5.12 Å². The first-order valence-electron chi connectivity index (χ1n) is 4.22. The minimum Gasteiger partial charge on any atom is -0.287 e. The van der Waals surface area contributed by atoms with Gasteiger partial charge < -0.3 is 0 Å². The molecule has 0 amide bonds. The van der Waals surface area contributed by atoms with Crippen LogP contribution in [0, 0.1) is 0 Å². The molecule has 1 aromatic carbocycles. The molecule has 1 saturated heterocycles. The maximum absolute atomic E-state index is 11.1. The van der Waals surface area contributed by atoms with E-state index in [1.807, 2.05) is 18.2 Å². The third-order valence-corrected chi connectivity index (χ3v) is 3.15. The van der Waals surface area contributed by atoms with Gasteiger partial charge in [0.1, 0.15) is 0 Å². The summed E-state index contributed by atoms with van der Waals surface area (Å²) in [6.45, 7) is 3.90. The van der Waals surface area contributed by atoms with Crippen molar-refractivity contribution in [2.75, 3.05) is 0 Å². The van der Waals surface area contributed by atoms with Gasteiger partial charge in [-0.15, -0.1) is 0 Å². The molecule has 0 bridgehead atoms. The van der Waals surface area contributed by atoms with Crippen molar-refractivity contribution in [1.29, 1.82) is 0 Å². The molecule has 1 aliphatic rings. The van der Waals surface area contributed by atoms with Gasteiger partial charge >= 0.3 is 0 Å². The van der Waals surface area contributed by atoms with Crippen LogP contribution in [0.5, 0.6) is 0 Å². The highest BCUT2D eigenvalue weighted by Crippen LogP contribution is 2.42. The fraction of sp³-hybridized carbons (Fsp3) is 0.182. The number of benzene rings is 1. The monoisotopic (exact) mass is 190 g/mol. The van der Waals surface area contributed by atoms with Crippen LogP contribution in [0.3, 0.4) is 0 Å². The maximum atomic E-state index is 11.1. The summed E-state index contributed by atoms with van der Waals surface area (Å²) in [5, 5.41) is 0.235. The van der Waals surface area contributed by atoms with E-state index < -0.39 is 0 Å². The Hall–Kier alpha value is -1.02. The second-order valence-corrected chi connectivity index (χ2v) is 4.29. The Morgan fingerprint density at radius 3 is 2.54 bits per heavy atom. The summed E-state index contributed by atoms with van der Waals surface area (Å²) < 4.78 is 0. The molecule has 1 fully saturated rings. The molecule has 1 heterocycles. The quantitative estimate of drug-likeness (QED) is 0.677. The first-order chi connectivity index (χ1) is 6.27. The van der Waals surface area contributed by atoms with E-state index in [2.05, 4.69) is 18.7 Å². The molecule has 0 N–H and O–H groups in total. The summed E-state index contributed by atoms with van der Waals surface area (Å²) in [5.74, 6) is 0.235. The number of thioether (sulfide) groups is 1. The molecule has 13 heavy (non-hydrogen) atoms. The molecule has 2 rings (SSSR count).